The average Bonchev–Trinajstić information content (AvgIpc) is 2.13. The quantitative estimate of drug-likeness (QED) is 0.467. The predicted molar refractivity (Wildman–Crippen MR) is 38.2 cm³/mol. The Morgan fingerprint density at radius 1 is 1.60 bits per heavy atom. The van der Waals surface area contributed by atoms with Crippen LogP contribution in [0.5, 0.6) is 0 Å². The topological polar surface area (TPSA) is 9.23 Å². The fraction of sp³-hybridized carbons (Fsp3) is 0.857. The molecule has 0 saturated carbocycles. The van der Waals surface area contributed by atoms with Crippen LogP contribution in [0.2, 0.25) is 0 Å². The molecule has 0 bridgehead atoms. The zero-order chi connectivity index (χ0) is 6.85. The van der Waals surface area contributed by atoms with E-state index in [1.807, 2.05) is 0 Å². The van der Waals surface area contributed by atoms with Crippen molar-refractivity contribution in [1.29, 1.82) is 0 Å². The Hall–Kier alpha value is 1.13. The van der Waals surface area contributed by atoms with Crippen molar-refractivity contribution < 1.29 is 37.4 Å². The summed E-state index contributed by atoms with van der Waals surface area (Å²) in [5.74, 6) is 0.426. The third-order valence-electron chi connectivity index (χ3n) is 1.77. The van der Waals surface area contributed by atoms with Gasteiger partial charge in [0.1, 0.15) is 7.85 Å². The van der Waals surface area contributed by atoms with E-state index in [0.717, 1.165) is 6.42 Å². The molecule has 1 nitrogen and oxygen atoms in total. The molecule has 3 atom stereocenters. The van der Waals surface area contributed by atoms with E-state index in [1.54, 1.807) is 0 Å². The minimum atomic E-state index is -0.0602. The fourth-order valence-electron chi connectivity index (χ4n) is 1.05. The first kappa shape index (κ1) is 11.1. The number of hydrogen-bond acceptors (Lipinski definition) is 1. The van der Waals surface area contributed by atoms with Gasteiger partial charge in [-0.3, -0.25) is 6.42 Å². The van der Waals surface area contributed by atoms with Gasteiger partial charge >= 0.3 is 0 Å². The summed E-state index contributed by atoms with van der Waals surface area (Å²) in [6.07, 6.45) is 3.51. The maximum Gasteiger partial charge on any atom is 0.105 e. The molecule has 1 rings (SSSR count). The fourth-order valence-corrected chi connectivity index (χ4v) is 1.05. The van der Waals surface area contributed by atoms with Gasteiger partial charge in [0, 0.05) is 32.7 Å². The third-order valence-corrected chi connectivity index (χ3v) is 1.77. The van der Waals surface area contributed by atoms with E-state index in [9.17, 15) is 0 Å². The average molecular weight is 212 g/mol. The Morgan fingerprint density at radius 2 is 2.20 bits per heavy atom. The van der Waals surface area contributed by atoms with Crippen molar-refractivity contribution in [3.8, 4) is 0 Å². The van der Waals surface area contributed by atoms with Gasteiger partial charge in [-0.1, -0.05) is 26.4 Å². The van der Waals surface area contributed by atoms with Crippen molar-refractivity contribution in [3.05, 3.63) is 6.42 Å². The van der Waals surface area contributed by atoms with Crippen LogP contribution in [0, 0.1) is 12.3 Å². The van der Waals surface area contributed by atoms with Gasteiger partial charge in [0.15, 0.2) is 0 Å². The molecule has 0 aromatic rings. The van der Waals surface area contributed by atoms with Crippen molar-refractivity contribution in [3.63, 3.8) is 0 Å². The Labute approximate surface area is 89.6 Å². The van der Waals surface area contributed by atoms with E-state index in [1.165, 1.54) is 0 Å². The van der Waals surface area contributed by atoms with Crippen molar-refractivity contribution in [1.82, 2.24) is 0 Å². The van der Waals surface area contributed by atoms with Crippen LogP contribution < -0.4 is 0 Å². The summed E-state index contributed by atoms with van der Waals surface area (Å²) in [4.78, 5) is 0. The number of ether oxygens (including phenoxy) is 1. The van der Waals surface area contributed by atoms with E-state index in [4.69, 9.17) is 12.6 Å². The van der Waals surface area contributed by atoms with Crippen molar-refractivity contribution in [2.45, 2.75) is 32.4 Å². The van der Waals surface area contributed by atoms with Crippen LogP contribution in [-0.4, -0.2) is 20.0 Å². The molecule has 0 aromatic heterocycles. The van der Waals surface area contributed by atoms with Crippen molar-refractivity contribution in [2.24, 2.45) is 5.92 Å². The molecule has 1 saturated heterocycles. The van der Waals surface area contributed by atoms with E-state index < -0.39 is 0 Å². The van der Waals surface area contributed by atoms with Crippen molar-refractivity contribution >= 4 is 7.85 Å². The van der Waals surface area contributed by atoms with Crippen LogP contribution in [0.4, 0.5) is 0 Å². The molecule has 0 spiro atoms. The Balaban J connectivity index is 0.000000810. The van der Waals surface area contributed by atoms with E-state index in [-0.39, 0.29) is 38.7 Å². The molecule has 3 radical (unpaired) electrons. The standard InChI is InChI=1S/C7H12BO.Y/c1-3-6-4-5(2)7(8)9-6;/h4-7H,3H2,1-2H3;/q-1;/t5-,6?,7?;/m1./s1. The van der Waals surface area contributed by atoms with Gasteiger partial charge in [0.05, 0.1) is 0 Å². The third kappa shape index (κ3) is 2.64. The van der Waals surface area contributed by atoms with Crippen molar-refractivity contribution in [2.75, 3.05) is 0 Å². The second-order valence-corrected chi connectivity index (χ2v) is 2.60. The minimum Gasteiger partial charge on any atom is -0.419 e. The smallest absolute Gasteiger partial charge is 0.105 e. The molecule has 1 heterocycles. The minimum absolute atomic E-state index is 0. The zero-order valence-corrected chi connectivity index (χ0v) is 9.42. The first-order valence-corrected chi connectivity index (χ1v) is 3.50. The second-order valence-electron chi connectivity index (χ2n) is 2.60. The molecular formula is C7H12BOY-. The van der Waals surface area contributed by atoms with Crippen LogP contribution in [-0.2, 0) is 37.4 Å². The predicted octanol–water partition coefficient (Wildman–Crippen LogP) is 1.13. The Bertz CT molecular complexity index is 89.6. The number of hydrogen-bond donors (Lipinski definition) is 0. The molecular weight excluding hydrogens is 200 g/mol. The molecule has 1 fully saturated rings. The summed E-state index contributed by atoms with van der Waals surface area (Å²) in [5, 5.41) is 0. The molecule has 2 unspecified atom stereocenters. The maximum atomic E-state index is 5.59. The van der Waals surface area contributed by atoms with Crippen LogP contribution in [0.3, 0.4) is 0 Å². The van der Waals surface area contributed by atoms with E-state index in [2.05, 4.69) is 20.3 Å². The largest absolute Gasteiger partial charge is 0.419 e. The monoisotopic (exact) mass is 212 g/mol. The zero-order valence-electron chi connectivity index (χ0n) is 6.58. The summed E-state index contributed by atoms with van der Waals surface area (Å²) in [6, 6.07) is -0.0602. The molecule has 0 N–H and O–H groups in total. The maximum absolute atomic E-state index is 5.59. The van der Waals surface area contributed by atoms with Crippen LogP contribution >= 0.6 is 0 Å². The number of rotatable bonds is 1. The van der Waals surface area contributed by atoms with Gasteiger partial charge in [-0.2, -0.15) is 5.92 Å². The summed E-state index contributed by atoms with van der Waals surface area (Å²) in [6.45, 7) is 4.19. The molecule has 3 heteroatoms. The first-order valence-electron chi connectivity index (χ1n) is 3.50. The Kier molecular flexibility index (Phi) is 5.45. The van der Waals surface area contributed by atoms with Crippen LogP contribution in [0.15, 0.2) is 0 Å². The normalized spacial score (nSPS) is 39.2. The molecule has 1 aliphatic rings. The summed E-state index contributed by atoms with van der Waals surface area (Å²) >= 11 is 0. The molecule has 0 aromatic carbocycles. The van der Waals surface area contributed by atoms with Gasteiger partial charge < -0.3 is 4.74 Å². The summed E-state index contributed by atoms with van der Waals surface area (Å²) in [5.41, 5.74) is 0. The van der Waals surface area contributed by atoms with E-state index >= 15 is 0 Å². The van der Waals surface area contributed by atoms with Gasteiger partial charge in [0.2, 0.25) is 0 Å². The van der Waals surface area contributed by atoms with Gasteiger partial charge in [-0.25, -0.2) is 0 Å². The SMILES string of the molecule is [B]C1OC(CC)[CH-][C@H]1C.[Y]. The molecule has 0 aliphatic carbocycles. The van der Waals surface area contributed by atoms with Gasteiger partial charge in [0.25, 0.3) is 0 Å². The van der Waals surface area contributed by atoms with Gasteiger partial charge in [-0.05, 0) is 6.00 Å². The first-order chi connectivity index (χ1) is 4.24. The van der Waals surface area contributed by atoms with Gasteiger partial charge in [-0.15, -0.1) is 0 Å². The van der Waals surface area contributed by atoms with Crippen LogP contribution in [0.1, 0.15) is 20.3 Å². The summed E-state index contributed by atoms with van der Waals surface area (Å²) < 4.78 is 5.34. The Morgan fingerprint density at radius 3 is 2.40 bits per heavy atom. The molecule has 10 heavy (non-hydrogen) atoms. The second kappa shape index (κ2) is 4.90. The molecule has 0 amide bonds. The molecule has 53 valence electrons. The van der Waals surface area contributed by atoms with E-state index in [0.29, 0.717) is 12.0 Å². The summed E-state index contributed by atoms with van der Waals surface area (Å²) in [7, 11) is 5.59. The van der Waals surface area contributed by atoms with Crippen LogP contribution in [0.25, 0.3) is 0 Å². The molecule has 1 aliphatic heterocycles.